The molecule has 1 aromatic carbocycles. The Bertz CT molecular complexity index is 1440. The van der Waals surface area contributed by atoms with E-state index in [4.69, 9.17) is 4.74 Å². The number of piperidine rings is 2. The van der Waals surface area contributed by atoms with Crippen LogP contribution < -0.4 is 10.6 Å². The summed E-state index contributed by atoms with van der Waals surface area (Å²) >= 11 is 0. The molecule has 0 spiro atoms. The highest BCUT2D eigenvalue weighted by Crippen LogP contribution is 2.26. The molecule has 2 amide bonds. The number of nitrogens with zero attached hydrogens (tertiary/aromatic N) is 5. The fourth-order valence-electron chi connectivity index (χ4n) is 5.58. The molecule has 2 saturated heterocycles. The van der Waals surface area contributed by atoms with Gasteiger partial charge >= 0.3 is 6.09 Å². The van der Waals surface area contributed by atoms with Crippen molar-refractivity contribution in [2.45, 2.75) is 64.6 Å². The summed E-state index contributed by atoms with van der Waals surface area (Å²) in [5.74, 6) is 0.198. The van der Waals surface area contributed by atoms with Crippen molar-refractivity contribution in [2.24, 2.45) is 5.92 Å². The average Bonchev–Trinajstić information content (AvgIpc) is 3.35. The van der Waals surface area contributed by atoms with Gasteiger partial charge in [0.1, 0.15) is 5.60 Å². The highest BCUT2D eigenvalue weighted by atomic mass is 19.1. The van der Waals surface area contributed by atoms with Gasteiger partial charge in [0.05, 0.1) is 6.20 Å². The molecule has 1 unspecified atom stereocenters. The number of carbonyl (C=O) groups excluding carboxylic acids is 2. The summed E-state index contributed by atoms with van der Waals surface area (Å²) in [7, 11) is 0. The summed E-state index contributed by atoms with van der Waals surface area (Å²) in [5.41, 5.74) is 0.310. The summed E-state index contributed by atoms with van der Waals surface area (Å²) < 4.78 is 22.3. The zero-order chi connectivity index (χ0) is 29.9. The quantitative estimate of drug-likeness (QED) is 0.355. The molecule has 2 aliphatic heterocycles. The Morgan fingerprint density at radius 1 is 1.12 bits per heavy atom. The van der Waals surface area contributed by atoms with Crippen LogP contribution in [0.5, 0.6) is 0 Å². The first-order valence-electron chi connectivity index (χ1n) is 14.6. The Kier molecular flexibility index (Phi) is 8.65. The van der Waals surface area contributed by atoms with Crippen molar-refractivity contribution < 1.29 is 18.7 Å². The summed E-state index contributed by atoms with van der Waals surface area (Å²) in [5, 5.41) is 8.53. The molecule has 2 aliphatic rings. The van der Waals surface area contributed by atoms with Gasteiger partial charge in [-0.1, -0.05) is 12.6 Å². The minimum atomic E-state index is -0.544. The third-order valence-corrected chi connectivity index (χ3v) is 7.68. The largest absolute Gasteiger partial charge is 0.444 e. The van der Waals surface area contributed by atoms with Crippen molar-refractivity contribution >= 4 is 40.2 Å². The summed E-state index contributed by atoms with van der Waals surface area (Å²) in [6.45, 7) is 12.6. The highest BCUT2D eigenvalue weighted by molar-refractivity contribution is 5.87. The summed E-state index contributed by atoms with van der Waals surface area (Å²) in [4.78, 5) is 36.4. The maximum atomic E-state index is 14.6. The van der Waals surface area contributed by atoms with Crippen LogP contribution in [0.4, 0.5) is 26.6 Å². The molecule has 11 heteroatoms. The van der Waals surface area contributed by atoms with E-state index in [1.54, 1.807) is 9.80 Å². The van der Waals surface area contributed by atoms with Crippen LogP contribution in [0.3, 0.4) is 0 Å². The van der Waals surface area contributed by atoms with Gasteiger partial charge in [-0.15, -0.1) is 0 Å². The average molecular weight is 578 g/mol. The number of hydrogen-bond acceptors (Lipinski definition) is 7. The Morgan fingerprint density at radius 2 is 1.88 bits per heavy atom. The van der Waals surface area contributed by atoms with Crippen molar-refractivity contribution in [1.29, 1.82) is 0 Å². The van der Waals surface area contributed by atoms with E-state index in [1.807, 2.05) is 39.0 Å². The van der Waals surface area contributed by atoms with E-state index in [1.165, 1.54) is 6.08 Å². The second-order valence-corrected chi connectivity index (χ2v) is 12.2. The molecular weight excluding hydrogens is 537 g/mol. The van der Waals surface area contributed by atoms with Gasteiger partial charge in [0.25, 0.3) is 0 Å². The number of rotatable bonds is 7. The van der Waals surface area contributed by atoms with Gasteiger partial charge in [0.2, 0.25) is 11.9 Å². The van der Waals surface area contributed by atoms with Gasteiger partial charge in [-0.05, 0) is 76.0 Å². The van der Waals surface area contributed by atoms with Crippen molar-refractivity contribution in [3.8, 4) is 0 Å². The molecule has 2 fully saturated rings. The van der Waals surface area contributed by atoms with Crippen LogP contribution >= 0.6 is 0 Å². The molecule has 0 aliphatic carbocycles. The van der Waals surface area contributed by atoms with Gasteiger partial charge in [-0.3, -0.25) is 4.79 Å². The highest BCUT2D eigenvalue weighted by Gasteiger charge is 2.27. The van der Waals surface area contributed by atoms with E-state index in [9.17, 15) is 14.0 Å². The molecule has 5 rings (SSSR count). The number of carbonyl (C=O) groups is 2. The maximum Gasteiger partial charge on any atom is 0.410 e. The molecule has 0 radical (unpaired) electrons. The predicted molar refractivity (Wildman–Crippen MR) is 161 cm³/mol. The van der Waals surface area contributed by atoms with E-state index >= 15 is 0 Å². The van der Waals surface area contributed by atoms with E-state index in [0.29, 0.717) is 32.1 Å². The topological polar surface area (TPSA) is 105 Å². The van der Waals surface area contributed by atoms with Crippen molar-refractivity contribution in [3.05, 3.63) is 55.3 Å². The lowest BCUT2D eigenvalue weighted by atomic mass is 9.97. The molecule has 224 valence electrons. The number of benzene rings is 1. The van der Waals surface area contributed by atoms with Gasteiger partial charge in [0.15, 0.2) is 11.6 Å². The van der Waals surface area contributed by atoms with Crippen molar-refractivity contribution in [2.75, 3.05) is 36.8 Å². The Morgan fingerprint density at radius 3 is 2.62 bits per heavy atom. The normalized spacial score (nSPS) is 18.1. The zero-order valence-corrected chi connectivity index (χ0v) is 24.6. The SMILES string of the molecule is C=CC(=O)N1CCCC(Nc2nc(Nc3ccc4cn(CC5CCN(C(=O)OC(C)(C)C)CC5)cc4c3)ncc2F)C1. The monoisotopic (exact) mass is 577 g/mol. The first kappa shape index (κ1) is 29.3. The molecule has 0 bridgehead atoms. The van der Waals surface area contributed by atoms with Gasteiger partial charge in [-0.25, -0.2) is 14.2 Å². The molecule has 1 atom stereocenters. The Balaban J connectivity index is 1.19. The van der Waals surface area contributed by atoms with Crippen molar-refractivity contribution in [1.82, 2.24) is 24.3 Å². The standard InChI is InChI=1S/C31H40FN7O3/c1-5-27(40)39-12-6-7-25(20-39)34-28-26(32)16-33-29(36-28)35-24-9-8-22-18-37(19-23(22)15-24)17-21-10-13-38(14-11-21)30(41)42-31(2,3)4/h5,8-9,15-16,18-19,21,25H,1,6-7,10-14,17,20H2,2-4H3,(H2,33,34,35,36). The van der Waals surface area contributed by atoms with Gasteiger partial charge < -0.3 is 29.7 Å². The van der Waals surface area contributed by atoms with Crippen LogP contribution in [-0.4, -0.2) is 74.2 Å². The minimum Gasteiger partial charge on any atom is -0.444 e. The molecule has 2 N–H and O–H groups in total. The van der Waals surface area contributed by atoms with E-state index in [-0.39, 0.29) is 29.8 Å². The smallest absolute Gasteiger partial charge is 0.410 e. The van der Waals surface area contributed by atoms with Crippen LogP contribution in [0, 0.1) is 11.7 Å². The summed E-state index contributed by atoms with van der Waals surface area (Å²) in [6.07, 6.45) is 9.98. The number of ether oxygens (including phenoxy) is 1. The number of amides is 2. The predicted octanol–water partition coefficient (Wildman–Crippen LogP) is 5.55. The third kappa shape index (κ3) is 7.37. The van der Waals surface area contributed by atoms with E-state index < -0.39 is 11.4 Å². The van der Waals surface area contributed by atoms with Crippen LogP contribution in [0.15, 0.2) is 49.4 Å². The number of hydrogen-bond donors (Lipinski definition) is 2. The molecule has 4 heterocycles. The number of halogens is 1. The number of anilines is 3. The molecular formula is C31H40FN7O3. The minimum absolute atomic E-state index is 0.107. The first-order chi connectivity index (χ1) is 20.1. The van der Waals surface area contributed by atoms with Crippen molar-refractivity contribution in [3.63, 3.8) is 0 Å². The first-order valence-corrected chi connectivity index (χ1v) is 14.6. The maximum absolute atomic E-state index is 14.6. The van der Waals surface area contributed by atoms with Crippen LogP contribution in [0.25, 0.3) is 10.8 Å². The third-order valence-electron chi connectivity index (χ3n) is 7.68. The lowest BCUT2D eigenvalue weighted by Gasteiger charge is -2.33. The summed E-state index contributed by atoms with van der Waals surface area (Å²) in [6, 6.07) is 5.90. The zero-order valence-electron chi connectivity index (χ0n) is 24.6. The van der Waals surface area contributed by atoms with Crippen LogP contribution in [0.1, 0.15) is 46.5 Å². The number of likely N-dealkylation sites (tertiary alicyclic amines) is 2. The molecule has 3 aromatic rings. The Hall–Kier alpha value is -4.15. The number of aromatic nitrogens is 3. The fourth-order valence-corrected chi connectivity index (χ4v) is 5.58. The molecule has 2 aromatic heterocycles. The second-order valence-electron chi connectivity index (χ2n) is 12.2. The molecule has 10 nitrogen and oxygen atoms in total. The lowest BCUT2D eigenvalue weighted by Crippen LogP contribution is -2.44. The number of fused-ring (bicyclic) bond motifs is 1. The lowest BCUT2D eigenvalue weighted by molar-refractivity contribution is -0.127. The molecule has 42 heavy (non-hydrogen) atoms. The number of nitrogens with one attached hydrogen (secondary N) is 2. The van der Waals surface area contributed by atoms with Gasteiger partial charge in [-0.2, -0.15) is 4.98 Å². The van der Waals surface area contributed by atoms with E-state index in [0.717, 1.165) is 54.9 Å². The van der Waals surface area contributed by atoms with Crippen LogP contribution in [0.2, 0.25) is 0 Å². The second kappa shape index (κ2) is 12.4. The van der Waals surface area contributed by atoms with Crippen LogP contribution in [-0.2, 0) is 16.1 Å². The Labute approximate surface area is 245 Å². The molecule has 0 saturated carbocycles. The van der Waals surface area contributed by atoms with Gasteiger partial charge in [0, 0.05) is 62.2 Å². The van der Waals surface area contributed by atoms with E-state index in [2.05, 4.69) is 44.1 Å². The fraction of sp³-hybridized carbons (Fsp3) is 0.484.